The molecule has 0 saturated carbocycles. The van der Waals surface area contributed by atoms with Crippen molar-refractivity contribution in [2.75, 3.05) is 5.32 Å². The van der Waals surface area contributed by atoms with E-state index >= 15 is 0 Å². The van der Waals surface area contributed by atoms with Gasteiger partial charge < -0.3 is 15.0 Å². The van der Waals surface area contributed by atoms with Crippen LogP contribution in [0.25, 0.3) is 0 Å². The lowest BCUT2D eigenvalue weighted by Gasteiger charge is -2.20. The first-order valence-electron chi connectivity index (χ1n) is 7.85. The topological polar surface area (TPSA) is 100 Å². The Kier molecular flexibility index (Phi) is 5.43. The molecule has 2 rings (SSSR count). The Morgan fingerprint density at radius 1 is 1.31 bits per heavy atom. The van der Waals surface area contributed by atoms with Gasteiger partial charge in [0, 0.05) is 24.6 Å². The summed E-state index contributed by atoms with van der Waals surface area (Å²) in [5.41, 5.74) is 0.254. The SMILES string of the molecule is Cc1cc(NCc2cc(S(=O)(=O)NC(C)(C)C(=O)O)cn2C)ccc1F. The van der Waals surface area contributed by atoms with Gasteiger partial charge in [0.15, 0.2) is 0 Å². The van der Waals surface area contributed by atoms with Crippen LogP contribution in [0.2, 0.25) is 0 Å². The summed E-state index contributed by atoms with van der Waals surface area (Å²) in [7, 11) is -2.30. The second-order valence-electron chi connectivity index (χ2n) is 6.63. The summed E-state index contributed by atoms with van der Waals surface area (Å²) < 4.78 is 42.0. The molecule has 0 bridgehead atoms. The number of nitrogens with zero attached hydrogens (tertiary/aromatic N) is 1. The summed E-state index contributed by atoms with van der Waals surface area (Å²) >= 11 is 0. The molecule has 0 atom stereocenters. The number of carboxylic acid groups (broad SMARTS) is 1. The molecule has 0 unspecified atom stereocenters. The molecule has 0 fully saturated rings. The lowest BCUT2D eigenvalue weighted by atomic mass is 10.1. The van der Waals surface area contributed by atoms with Crippen LogP contribution >= 0.6 is 0 Å². The normalized spacial score (nSPS) is 12.2. The highest BCUT2D eigenvalue weighted by Crippen LogP contribution is 2.19. The molecule has 3 N–H and O–H groups in total. The number of rotatable bonds is 7. The largest absolute Gasteiger partial charge is 0.480 e. The molecule has 2 aromatic rings. The number of anilines is 1. The molecule has 0 amide bonds. The van der Waals surface area contributed by atoms with Crippen LogP contribution in [0.3, 0.4) is 0 Å². The Labute approximate surface area is 151 Å². The summed E-state index contributed by atoms with van der Waals surface area (Å²) in [6.45, 7) is 4.52. The van der Waals surface area contributed by atoms with Gasteiger partial charge in [0.1, 0.15) is 11.4 Å². The molecule has 1 heterocycles. The number of halogens is 1. The predicted octanol–water partition coefficient (Wildman–Crippen LogP) is 2.23. The molecule has 0 aliphatic rings. The first-order chi connectivity index (χ1) is 11.9. The zero-order valence-corrected chi connectivity index (χ0v) is 15.8. The lowest BCUT2D eigenvalue weighted by Crippen LogP contribution is -2.49. The minimum atomic E-state index is -3.99. The molecule has 142 valence electrons. The molecule has 0 aliphatic carbocycles. The van der Waals surface area contributed by atoms with E-state index in [0.29, 0.717) is 23.5 Å². The number of carbonyl (C=O) groups is 1. The van der Waals surface area contributed by atoms with Crippen molar-refractivity contribution in [1.82, 2.24) is 9.29 Å². The van der Waals surface area contributed by atoms with Gasteiger partial charge >= 0.3 is 5.97 Å². The molecular formula is C17H22FN3O4S. The van der Waals surface area contributed by atoms with Crippen molar-refractivity contribution in [2.45, 2.75) is 37.8 Å². The highest BCUT2D eigenvalue weighted by atomic mass is 32.2. The van der Waals surface area contributed by atoms with E-state index in [4.69, 9.17) is 5.11 Å². The molecule has 0 spiro atoms. The highest BCUT2D eigenvalue weighted by molar-refractivity contribution is 7.89. The van der Waals surface area contributed by atoms with Gasteiger partial charge in [-0.1, -0.05) is 0 Å². The Hall–Kier alpha value is -2.39. The Morgan fingerprint density at radius 3 is 2.54 bits per heavy atom. The Morgan fingerprint density at radius 2 is 1.96 bits per heavy atom. The number of hydrogen-bond acceptors (Lipinski definition) is 4. The fraction of sp³-hybridized carbons (Fsp3) is 0.353. The number of aliphatic carboxylic acids is 1. The van der Waals surface area contributed by atoms with Crippen LogP contribution in [0.15, 0.2) is 35.4 Å². The fourth-order valence-electron chi connectivity index (χ4n) is 2.29. The van der Waals surface area contributed by atoms with E-state index in [9.17, 15) is 17.6 Å². The van der Waals surface area contributed by atoms with Crippen LogP contribution in [-0.2, 0) is 28.4 Å². The third-order valence-corrected chi connectivity index (χ3v) is 5.57. The molecular weight excluding hydrogens is 361 g/mol. The number of hydrogen-bond donors (Lipinski definition) is 3. The molecule has 1 aromatic heterocycles. The van der Waals surface area contributed by atoms with Crippen LogP contribution in [-0.4, -0.2) is 29.6 Å². The van der Waals surface area contributed by atoms with Crippen molar-refractivity contribution in [3.63, 3.8) is 0 Å². The monoisotopic (exact) mass is 383 g/mol. The Bertz CT molecular complexity index is 935. The quantitative estimate of drug-likeness (QED) is 0.681. The van der Waals surface area contributed by atoms with E-state index in [1.807, 2.05) is 0 Å². The molecule has 26 heavy (non-hydrogen) atoms. The summed E-state index contributed by atoms with van der Waals surface area (Å²) in [4.78, 5) is 11.1. The minimum absolute atomic E-state index is 0.0265. The van der Waals surface area contributed by atoms with E-state index in [-0.39, 0.29) is 10.7 Å². The summed E-state index contributed by atoms with van der Waals surface area (Å²) in [5.74, 6) is -1.57. The van der Waals surface area contributed by atoms with Gasteiger partial charge in [0.2, 0.25) is 10.0 Å². The second-order valence-corrected chi connectivity index (χ2v) is 8.31. The molecule has 7 nitrogen and oxygen atoms in total. The molecule has 0 radical (unpaired) electrons. The van der Waals surface area contributed by atoms with E-state index in [1.165, 1.54) is 32.2 Å². The van der Waals surface area contributed by atoms with Crippen LogP contribution in [0.5, 0.6) is 0 Å². The van der Waals surface area contributed by atoms with Crippen molar-refractivity contribution >= 4 is 21.7 Å². The first kappa shape index (κ1) is 19.9. The third kappa shape index (κ3) is 4.41. The van der Waals surface area contributed by atoms with Gasteiger partial charge in [0.25, 0.3) is 0 Å². The van der Waals surface area contributed by atoms with Gasteiger partial charge in [0.05, 0.1) is 11.4 Å². The van der Waals surface area contributed by atoms with Crippen LogP contribution < -0.4 is 10.0 Å². The predicted molar refractivity (Wildman–Crippen MR) is 95.9 cm³/mol. The standard InChI is InChI=1S/C17H22FN3O4S/c1-11-7-12(5-6-15(11)18)19-9-13-8-14(10-21(13)4)26(24,25)20-17(2,3)16(22)23/h5-8,10,19-20H,9H2,1-4H3,(H,22,23). The Balaban J connectivity index is 2.17. The lowest BCUT2D eigenvalue weighted by molar-refractivity contribution is -0.142. The summed E-state index contributed by atoms with van der Waals surface area (Å²) in [6, 6.07) is 6.08. The van der Waals surface area contributed by atoms with Crippen molar-refractivity contribution in [3.8, 4) is 0 Å². The second kappa shape index (κ2) is 7.08. The number of nitrogens with one attached hydrogen (secondary N) is 2. The molecule has 0 saturated heterocycles. The number of sulfonamides is 1. The average molecular weight is 383 g/mol. The maximum absolute atomic E-state index is 13.3. The van der Waals surface area contributed by atoms with Gasteiger partial charge in [-0.15, -0.1) is 0 Å². The van der Waals surface area contributed by atoms with Crippen molar-refractivity contribution < 1.29 is 22.7 Å². The third-order valence-electron chi connectivity index (χ3n) is 3.95. The smallest absolute Gasteiger partial charge is 0.324 e. The molecule has 0 aliphatic heterocycles. The van der Waals surface area contributed by atoms with E-state index in [1.54, 1.807) is 30.7 Å². The molecule has 1 aromatic carbocycles. The number of aromatic nitrogens is 1. The first-order valence-corrected chi connectivity index (χ1v) is 9.33. The maximum atomic E-state index is 13.3. The minimum Gasteiger partial charge on any atom is -0.480 e. The molecule has 9 heteroatoms. The van der Waals surface area contributed by atoms with E-state index < -0.39 is 21.5 Å². The van der Waals surface area contributed by atoms with Crippen molar-refractivity contribution in [3.05, 3.63) is 47.5 Å². The average Bonchev–Trinajstić information content (AvgIpc) is 2.89. The number of carboxylic acids is 1. The van der Waals surface area contributed by atoms with Crippen LogP contribution in [0, 0.1) is 12.7 Å². The van der Waals surface area contributed by atoms with Crippen molar-refractivity contribution in [1.29, 1.82) is 0 Å². The fourth-order valence-corrected chi connectivity index (χ4v) is 3.75. The van der Waals surface area contributed by atoms with Crippen molar-refractivity contribution in [2.24, 2.45) is 7.05 Å². The van der Waals surface area contributed by atoms with Crippen LogP contribution in [0.4, 0.5) is 10.1 Å². The zero-order chi connectivity index (χ0) is 19.7. The maximum Gasteiger partial charge on any atom is 0.324 e. The van der Waals surface area contributed by atoms with Gasteiger partial charge in [-0.25, -0.2) is 12.8 Å². The van der Waals surface area contributed by atoms with Gasteiger partial charge in [-0.2, -0.15) is 4.72 Å². The zero-order valence-electron chi connectivity index (χ0n) is 15.0. The van der Waals surface area contributed by atoms with E-state index in [0.717, 1.165) is 0 Å². The van der Waals surface area contributed by atoms with E-state index in [2.05, 4.69) is 10.0 Å². The summed E-state index contributed by atoms with van der Waals surface area (Å²) in [6.07, 6.45) is 1.41. The number of aryl methyl sites for hydroxylation is 2. The number of benzene rings is 1. The summed E-state index contributed by atoms with van der Waals surface area (Å²) in [5, 5.41) is 12.2. The van der Waals surface area contributed by atoms with Gasteiger partial charge in [-0.3, -0.25) is 4.79 Å². The van der Waals surface area contributed by atoms with Crippen LogP contribution in [0.1, 0.15) is 25.1 Å². The van der Waals surface area contributed by atoms with Gasteiger partial charge in [-0.05, 0) is 50.6 Å². The highest BCUT2D eigenvalue weighted by Gasteiger charge is 2.33.